The number of hydrogen-bond donors (Lipinski definition) is 0. The monoisotopic (exact) mass is 232 g/mol. The summed E-state index contributed by atoms with van der Waals surface area (Å²) < 4.78 is 18.2. The summed E-state index contributed by atoms with van der Waals surface area (Å²) in [5.41, 5.74) is 1.05. The van der Waals surface area contributed by atoms with Gasteiger partial charge in [-0.15, -0.1) is 0 Å². The highest BCUT2D eigenvalue weighted by atomic mass is 19.1. The first-order chi connectivity index (χ1) is 8.26. The smallest absolute Gasteiger partial charge is 0.240 e. The van der Waals surface area contributed by atoms with Crippen LogP contribution in [-0.4, -0.2) is 23.4 Å². The lowest BCUT2D eigenvalue weighted by atomic mass is 10.1. The van der Waals surface area contributed by atoms with E-state index in [1.807, 2.05) is 0 Å². The standard InChI is InChI=1S/C12H9FN2O2/c1-17-12-11(14-4-5-15-12)10-6-9(13)3-2-8(10)7-16/h2-7H,1H3. The van der Waals surface area contributed by atoms with Crippen LogP contribution in [0.3, 0.4) is 0 Å². The molecule has 5 heteroatoms. The molecular weight excluding hydrogens is 223 g/mol. The van der Waals surface area contributed by atoms with Gasteiger partial charge in [0, 0.05) is 23.5 Å². The number of ether oxygens (including phenoxy) is 1. The summed E-state index contributed by atoms with van der Waals surface area (Å²) in [6, 6.07) is 3.85. The van der Waals surface area contributed by atoms with Gasteiger partial charge in [0.25, 0.3) is 0 Å². The van der Waals surface area contributed by atoms with Crippen molar-refractivity contribution in [1.82, 2.24) is 9.97 Å². The minimum atomic E-state index is -0.446. The molecule has 0 spiro atoms. The molecule has 0 N–H and O–H groups in total. The van der Waals surface area contributed by atoms with Crippen molar-refractivity contribution in [2.75, 3.05) is 7.11 Å². The molecule has 2 rings (SSSR count). The van der Waals surface area contributed by atoms with Crippen LogP contribution in [0.5, 0.6) is 5.88 Å². The average Bonchev–Trinajstić information content (AvgIpc) is 2.38. The Labute approximate surface area is 97.1 Å². The highest BCUT2D eigenvalue weighted by Gasteiger charge is 2.13. The summed E-state index contributed by atoms with van der Waals surface area (Å²) >= 11 is 0. The summed E-state index contributed by atoms with van der Waals surface area (Å²) in [4.78, 5) is 18.9. The fourth-order valence-corrected chi connectivity index (χ4v) is 1.50. The molecule has 0 bridgehead atoms. The zero-order valence-corrected chi connectivity index (χ0v) is 9.05. The number of rotatable bonds is 3. The van der Waals surface area contributed by atoms with E-state index < -0.39 is 5.82 Å². The third kappa shape index (κ3) is 2.13. The van der Waals surface area contributed by atoms with Gasteiger partial charge in [-0.05, 0) is 18.2 Å². The maximum absolute atomic E-state index is 13.2. The van der Waals surface area contributed by atoms with E-state index in [-0.39, 0.29) is 5.88 Å². The maximum atomic E-state index is 13.2. The second kappa shape index (κ2) is 4.69. The highest BCUT2D eigenvalue weighted by Crippen LogP contribution is 2.28. The molecular formula is C12H9FN2O2. The maximum Gasteiger partial charge on any atom is 0.240 e. The van der Waals surface area contributed by atoms with Crippen LogP contribution in [0.25, 0.3) is 11.3 Å². The Hall–Kier alpha value is -2.30. The normalized spacial score (nSPS) is 10.0. The first-order valence-corrected chi connectivity index (χ1v) is 4.86. The molecule has 1 heterocycles. The van der Waals surface area contributed by atoms with Crippen molar-refractivity contribution in [3.05, 3.63) is 42.0 Å². The Morgan fingerprint density at radius 3 is 2.76 bits per heavy atom. The molecule has 2 aromatic rings. The van der Waals surface area contributed by atoms with Gasteiger partial charge in [-0.1, -0.05) is 0 Å². The van der Waals surface area contributed by atoms with Crippen LogP contribution in [0.4, 0.5) is 4.39 Å². The van der Waals surface area contributed by atoms with E-state index in [0.717, 1.165) is 0 Å². The number of aromatic nitrogens is 2. The topological polar surface area (TPSA) is 52.1 Å². The van der Waals surface area contributed by atoms with Gasteiger partial charge in [-0.2, -0.15) is 0 Å². The minimum Gasteiger partial charge on any atom is -0.479 e. The molecule has 0 atom stereocenters. The van der Waals surface area contributed by atoms with Gasteiger partial charge in [0.05, 0.1) is 7.11 Å². The molecule has 0 radical (unpaired) electrons. The fraction of sp³-hybridized carbons (Fsp3) is 0.0833. The Bertz CT molecular complexity index is 558. The molecule has 0 aliphatic rings. The fourth-order valence-electron chi connectivity index (χ4n) is 1.50. The molecule has 0 aliphatic heterocycles. The Balaban J connectivity index is 2.66. The van der Waals surface area contributed by atoms with E-state index in [9.17, 15) is 9.18 Å². The number of hydrogen-bond acceptors (Lipinski definition) is 4. The zero-order chi connectivity index (χ0) is 12.3. The molecule has 0 saturated heterocycles. The lowest BCUT2D eigenvalue weighted by Crippen LogP contribution is -1.97. The predicted octanol–water partition coefficient (Wildman–Crippen LogP) is 2.10. The number of halogens is 1. The zero-order valence-electron chi connectivity index (χ0n) is 9.05. The summed E-state index contributed by atoms with van der Waals surface area (Å²) in [5, 5.41) is 0. The van der Waals surface area contributed by atoms with Crippen LogP contribution in [0.2, 0.25) is 0 Å². The van der Waals surface area contributed by atoms with Crippen LogP contribution in [0.15, 0.2) is 30.6 Å². The van der Waals surface area contributed by atoms with Gasteiger partial charge < -0.3 is 4.74 Å². The summed E-state index contributed by atoms with van der Waals surface area (Å²) in [7, 11) is 1.44. The van der Waals surface area contributed by atoms with E-state index in [4.69, 9.17) is 4.74 Å². The van der Waals surface area contributed by atoms with Crippen molar-refractivity contribution in [1.29, 1.82) is 0 Å². The van der Waals surface area contributed by atoms with Crippen molar-refractivity contribution in [3.8, 4) is 17.1 Å². The predicted molar refractivity (Wildman–Crippen MR) is 59.4 cm³/mol. The van der Waals surface area contributed by atoms with Crippen LogP contribution < -0.4 is 4.74 Å². The lowest BCUT2D eigenvalue weighted by Gasteiger charge is -2.07. The molecule has 0 saturated carbocycles. The van der Waals surface area contributed by atoms with Crippen molar-refractivity contribution >= 4 is 6.29 Å². The molecule has 0 aliphatic carbocycles. The Kier molecular flexibility index (Phi) is 3.09. The molecule has 0 unspecified atom stereocenters. The van der Waals surface area contributed by atoms with Crippen LogP contribution >= 0.6 is 0 Å². The third-order valence-electron chi connectivity index (χ3n) is 2.26. The largest absolute Gasteiger partial charge is 0.479 e. The number of carbonyl (C=O) groups excluding carboxylic acids is 1. The summed E-state index contributed by atoms with van der Waals surface area (Å²) in [6.07, 6.45) is 3.56. The Morgan fingerprint density at radius 1 is 1.29 bits per heavy atom. The van der Waals surface area contributed by atoms with E-state index >= 15 is 0 Å². The summed E-state index contributed by atoms with van der Waals surface area (Å²) in [5.74, 6) is -0.195. The van der Waals surface area contributed by atoms with Gasteiger partial charge in [0.1, 0.15) is 11.5 Å². The van der Waals surface area contributed by atoms with Gasteiger partial charge in [-0.3, -0.25) is 4.79 Å². The van der Waals surface area contributed by atoms with E-state index in [1.165, 1.54) is 37.7 Å². The van der Waals surface area contributed by atoms with Crippen LogP contribution in [0, 0.1) is 5.82 Å². The minimum absolute atomic E-state index is 0.251. The first-order valence-electron chi connectivity index (χ1n) is 4.86. The molecule has 1 aromatic carbocycles. The Morgan fingerprint density at radius 2 is 2.06 bits per heavy atom. The molecule has 1 aromatic heterocycles. The second-order valence-electron chi connectivity index (χ2n) is 3.26. The van der Waals surface area contributed by atoms with Crippen molar-refractivity contribution in [2.24, 2.45) is 0 Å². The third-order valence-corrected chi connectivity index (χ3v) is 2.26. The first kappa shape index (κ1) is 11.2. The average molecular weight is 232 g/mol. The van der Waals surface area contributed by atoms with E-state index in [2.05, 4.69) is 9.97 Å². The SMILES string of the molecule is COc1nccnc1-c1cc(F)ccc1C=O. The summed E-state index contributed by atoms with van der Waals surface area (Å²) in [6.45, 7) is 0. The lowest BCUT2D eigenvalue weighted by molar-refractivity contribution is 0.112. The van der Waals surface area contributed by atoms with E-state index in [1.54, 1.807) is 0 Å². The van der Waals surface area contributed by atoms with Crippen molar-refractivity contribution in [3.63, 3.8) is 0 Å². The van der Waals surface area contributed by atoms with Gasteiger partial charge in [0.15, 0.2) is 6.29 Å². The quantitative estimate of drug-likeness (QED) is 0.760. The van der Waals surface area contributed by atoms with Crippen molar-refractivity contribution in [2.45, 2.75) is 0 Å². The van der Waals surface area contributed by atoms with Gasteiger partial charge in [-0.25, -0.2) is 14.4 Å². The molecule has 0 amide bonds. The molecule has 4 nitrogen and oxygen atoms in total. The molecule has 17 heavy (non-hydrogen) atoms. The van der Waals surface area contributed by atoms with Gasteiger partial charge >= 0.3 is 0 Å². The number of carbonyl (C=O) groups is 1. The number of aldehydes is 1. The van der Waals surface area contributed by atoms with Crippen LogP contribution in [-0.2, 0) is 0 Å². The number of benzene rings is 1. The highest BCUT2D eigenvalue weighted by molar-refractivity contribution is 5.87. The van der Waals surface area contributed by atoms with Gasteiger partial charge in [0.2, 0.25) is 5.88 Å². The van der Waals surface area contributed by atoms with E-state index in [0.29, 0.717) is 23.1 Å². The van der Waals surface area contributed by atoms with Crippen molar-refractivity contribution < 1.29 is 13.9 Å². The second-order valence-corrected chi connectivity index (χ2v) is 3.26. The molecule has 0 fully saturated rings. The number of methoxy groups -OCH3 is 1. The molecule has 86 valence electrons. The van der Waals surface area contributed by atoms with Crippen LogP contribution in [0.1, 0.15) is 10.4 Å². The number of nitrogens with zero attached hydrogens (tertiary/aromatic N) is 2.